The molecule has 4 nitrogen and oxygen atoms in total. The Labute approximate surface area is 92.7 Å². The van der Waals surface area contributed by atoms with Gasteiger partial charge in [-0.05, 0) is 33.4 Å². The van der Waals surface area contributed by atoms with Gasteiger partial charge in [0, 0.05) is 12.6 Å². The summed E-state index contributed by atoms with van der Waals surface area (Å²) in [7, 11) is 4.00. The van der Waals surface area contributed by atoms with Gasteiger partial charge in [0.1, 0.15) is 6.04 Å². The molecule has 0 aromatic heterocycles. The summed E-state index contributed by atoms with van der Waals surface area (Å²) in [5.41, 5.74) is 0. The first-order valence-corrected chi connectivity index (χ1v) is 5.46. The first kappa shape index (κ1) is 14.4. The van der Waals surface area contributed by atoms with E-state index in [2.05, 4.69) is 24.1 Å². The van der Waals surface area contributed by atoms with Gasteiger partial charge in [0.25, 0.3) is 0 Å². The van der Waals surface area contributed by atoms with Crippen LogP contribution in [0.3, 0.4) is 0 Å². The summed E-state index contributed by atoms with van der Waals surface area (Å²) in [5, 5.41) is 12.0. The minimum absolute atomic E-state index is 0.242. The van der Waals surface area contributed by atoms with Crippen LogP contribution in [-0.4, -0.2) is 48.7 Å². The molecule has 4 heteroatoms. The molecular weight excluding hydrogens is 192 g/mol. The van der Waals surface area contributed by atoms with Crippen LogP contribution in [0, 0.1) is 5.92 Å². The number of carboxylic acids is 1. The predicted octanol–water partition coefficient (Wildman–Crippen LogP) is 1.03. The number of aliphatic carboxylic acids is 1. The summed E-state index contributed by atoms with van der Waals surface area (Å²) in [6, 6.07) is -0.236. The maximum Gasteiger partial charge on any atom is 0.320 e. The number of hydrogen-bond donors (Lipinski definition) is 2. The molecule has 0 aromatic rings. The molecule has 15 heavy (non-hydrogen) atoms. The van der Waals surface area contributed by atoms with Gasteiger partial charge in [-0.15, -0.1) is 0 Å². The standard InChI is InChI=1S/C11H24N2O2/c1-8(2)6-10(7-13(4)5)12-9(3)11(14)15/h8-10,12H,6-7H2,1-5H3,(H,14,15). The average molecular weight is 216 g/mol. The highest BCUT2D eigenvalue weighted by Gasteiger charge is 2.18. The molecule has 0 bridgehead atoms. The number of nitrogens with one attached hydrogen (secondary N) is 1. The lowest BCUT2D eigenvalue weighted by atomic mass is 10.0. The zero-order valence-corrected chi connectivity index (χ0v) is 10.4. The predicted molar refractivity (Wildman–Crippen MR) is 62.0 cm³/mol. The summed E-state index contributed by atoms with van der Waals surface area (Å²) in [6.45, 7) is 6.85. The van der Waals surface area contributed by atoms with E-state index in [4.69, 9.17) is 5.11 Å². The van der Waals surface area contributed by atoms with Crippen molar-refractivity contribution in [3.63, 3.8) is 0 Å². The lowest BCUT2D eigenvalue weighted by Crippen LogP contribution is -2.46. The fourth-order valence-corrected chi connectivity index (χ4v) is 1.63. The molecule has 0 saturated heterocycles. The zero-order chi connectivity index (χ0) is 12.0. The quantitative estimate of drug-likeness (QED) is 0.667. The van der Waals surface area contributed by atoms with Crippen LogP contribution in [0.25, 0.3) is 0 Å². The van der Waals surface area contributed by atoms with E-state index in [-0.39, 0.29) is 6.04 Å². The van der Waals surface area contributed by atoms with Crippen LogP contribution in [0.5, 0.6) is 0 Å². The second-order valence-corrected chi connectivity index (χ2v) is 4.82. The number of nitrogens with zero attached hydrogens (tertiary/aromatic N) is 1. The van der Waals surface area contributed by atoms with Crippen molar-refractivity contribution in [2.24, 2.45) is 5.92 Å². The Kier molecular flexibility index (Phi) is 6.52. The smallest absolute Gasteiger partial charge is 0.320 e. The second kappa shape index (κ2) is 6.80. The van der Waals surface area contributed by atoms with Crippen molar-refractivity contribution in [1.29, 1.82) is 0 Å². The van der Waals surface area contributed by atoms with Crippen molar-refractivity contribution in [2.75, 3.05) is 20.6 Å². The number of likely N-dealkylation sites (N-methyl/N-ethyl adjacent to an activating group) is 1. The molecule has 0 aromatic carbocycles. The van der Waals surface area contributed by atoms with Crippen LogP contribution in [-0.2, 0) is 4.79 Å². The molecule has 0 spiro atoms. The molecule has 2 atom stereocenters. The Morgan fingerprint density at radius 3 is 2.20 bits per heavy atom. The molecule has 0 radical (unpaired) electrons. The third-order valence-corrected chi connectivity index (χ3v) is 2.20. The summed E-state index contributed by atoms with van der Waals surface area (Å²) in [4.78, 5) is 12.8. The lowest BCUT2D eigenvalue weighted by molar-refractivity contribution is -0.139. The van der Waals surface area contributed by atoms with Crippen LogP contribution >= 0.6 is 0 Å². The Morgan fingerprint density at radius 1 is 1.33 bits per heavy atom. The normalized spacial score (nSPS) is 15.7. The summed E-state index contributed by atoms with van der Waals surface area (Å²) < 4.78 is 0. The topological polar surface area (TPSA) is 52.6 Å². The maximum atomic E-state index is 10.7. The van der Waals surface area contributed by atoms with Gasteiger partial charge in [-0.3, -0.25) is 4.79 Å². The highest BCUT2D eigenvalue weighted by atomic mass is 16.4. The molecule has 0 heterocycles. The second-order valence-electron chi connectivity index (χ2n) is 4.82. The van der Waals surface area contributed by atoms with Crippen LogP contribution in [0.4, 0.5) is 0 Å². The SMILES string of the molecule is CC(C)CC(CN(C)C)NC(C)C(=O)O. The Balaban J connectivity index is 4.17. The van der Waals surface area contributed by atoms with Gasteiger partial charge < -0.3 is 15.3 Å². The zero-order valence-electron chi connectivity index (χ0n) is 10.4. The molecule has 0 aliphatic carbocycles. The van der Waals surface area contributed by atoms with Gasteiger partial charge in [0.15, 0.2) is 0 Å². The van der Waals surface area contributed by atoms with E-state index in [0.717, 1.165) is 13.0 Å². The fourth-order valence-electron chi connectivity index (χ4n) is 1.63. The summed E-state index contributed by atoms with van der Waals surface area (Å²) in [6.07, 6.45) is 0.996. The number of hydrogen-bond acceptors (Lipinski definition) is 3. The number of carbonyl (C=O) groups is 1. The van der Waals surface area contributed by atoms with Crippen LogP contribution in [0.2, 0.25) is 0 Å². The molecule has 0 fully saturated rings. The number of carboxylic acid groups (broad SMARTS) is 1. The third kappa shape index (κ3) is 7.33. The highest BCUT2D eigenvalue weighted by molar-refractivity contribution is 5.72. The first-order valence-electron chi connectivity index (χ1n) is 5.46. The van der Waals surface area contributed by atoms with Crippen molar-refractivity contribution in [1.82, 2.24) is 10.2 Å². The van der Waals surface area contributed by atoms with Crippen molar-refractivity contribution in [3.8, 4) is 0 Å². The van der Waals surface area contributed by atoms with Crippen molar-refractivity contribution < 1.29 is 9.90 Å². The maximum absolute atomic E-state index is 10.7. The molecule has 0 saturated carbocycles. The molecular formula is C11H24N2O2. The molecule has 90 valence electrons. The fraction of sp³-hybridized carbons (Fsp3) is 0.909. The van der Waals surface area contributed by atoms with Gasteiger partial charge in [0.05, 0.1) is 0 Å². The summed E-state index contributed by atoms with van der Waals surface area (Å²) in [5.74, 6) is -0.217. The lowest BCUT2D eigenvalue weighted by Gasteiger charge is -2.25. The average Bonchev–Trinajstić information content (AvgIpc) is 2.00. The van der Waals surface area contributed by atoms with Gasteiger partial charge >= 0.3 is 5.97 Å². The van der Waals surface area contributed by atoms with E-state index in [1.54, 1.807) is 6.92 Å². The van der Waals surface area contributed by atoms with Crippen molar-refractivity contribution in [2.45, 2.75) is 39.3 Å². The van der Waals surface area contributed by atoms with Gasteiger partial charge in [0.2, 0.25) is 0 Å². The third-order valence-electron chi connectivity index (χ3n) is 2.20. The van der Waals surface area contributed by atoms with Crippen molar-refractivity contribution in [3.05, 3.63) is 0 Å². The Hall–Kier alpha value is -0.610. The van der Waals surface area contributed by atoms with E-state index in [9.17, 15) is 4.79 Å². The minimum Gasteiger partial charge on any atom is -0.480 e. The Morgan fingerprint density at radius 2 is 1.87 bits per heavy atom. The molecule has 0 amide bonds. The molecule has 0 aliphatic rings. The highest BCUT2D eigenvalue weighted by Crippen LogP contribution is 2.06. The molecule has 0 aliphatic heterocycles. The van der Waals surface area contributed by atoms with E-state index in [1.165, 1.54) is 0 Å². The minimum atomic E-state index is -0.789. The molecule has 2 N–H and O–H groups in total. The molecule has 2 unspecified atom stereocenters. The van der Waals surface area contributed by atoms with E-state index < -0.39 is 12.0 Å². The summed E-state index contributed by atoms with van der Waals surface area (Å²) >= 11 is 0. The van der Waals surface area contributed by atoms with Gasteiger partial charge in [-0.1, -0.05) is 13.8 Å². The van der Waals surface area contributed by atoms with E-state index in [1.807, 2.05) is 14.1 Å². The van der Waals surface area contributed by atoms with E-state index >= 15 is 0 Å². The largest absolute Gasteiger partial charge is 0.480 e. The van der Waals surface area contributed by atoms with Crippen LogP contribution in [0.1, 0.15) is 27.2 Å². The monoisotopic (exact) mass is 216 g/mol. The van der Waals surface area contributed by atoms with Gasteiger partial charge in [-0.25, -0.2) is 0 Å². The first-order chi connectivity index (χ1) is 6.82. The van der Waals surface area contributed by atoms with Gasteiger partial charge in [-0.2, -0.15) is 0 Å². The number of rotatable bonds is 7. The van der Waals surface area contributed by atoms with Crippen molar-refractivity contribution >= 4 is 5.97 Å². The van der Waals surface area contributed by atoms with Crippen LogP contribution < -0.4 is 5.32 Å². The molecule has 0 rings (SSSR count). The van der Waals surface area contributed by atoms with Crippen LogP contribution in [0.15, 0.2) is 0 Å². The Bertz CT molecular complexity index is 183. The van der Waals surface area contributed by atoms with E-state index in [0.29, 0.717) is 5.92 Å².